The molecule has 2 heterocycles. The van der Waals surface area contributed by atoms with E-state index in [1.54, 1.807) is 26.0 Å². The Kier molecular flexibility index (Phi) is 8.43. The van der Waals surface area contributed by atoms with Gasteiger partial charge in [0, 0.05) is 50.2 Å². The van der Waals surface area contributed by atoms with Crippen molar-refractivity contribution in [2.45, 2.75) is 23.9 Å². The van der Waals surface area contributed by atoms with E-state index < -0.39 is 0 Å². The summed E-state index contributed by atoms with van der Waals surface area (Å²) in [7, 11) is 5.44. The third kappa shape index (κ3) is 6.04. The lowest BCUT2D eigenvalue weighted by Gasteiger charge is -2.32. The van der Waals surface area contributed by atoms with E-state index in [0.29, 0.717) is 6.61 Å². The van der Waals surface area contributed by atoms with Gasteiger partial charge in [-0.15, -0.1) is 10.2 Å². The number of nitrogens with zero attached hydrogens (tertiary/aromatic N) is 5. The molecule has 0 aliphatic carbocycles. The molecule has 1 saturated heterocycles. The molecular formula is C26H33N5O3S. The van der Waals surface area contributed by atoms with Crippen LogP contribution in [-0.2, 0) is 10.5 Å². The number of aromatic nitrogens is 3. The van der Waals surface area contributed by atoms with Gasteiger partial charge in [0.25, 0.3) is 5.91 Å². The Hall–Kier alpha value is -2.88. The molecule has 1 atom stereocenters. The minimum Gasteiger partial charge on any atom is -0.497 e. The molecule has 4 rings (SSSR count). The summed E-state index contributed by atoms with van der Waals surface area (Å²) in [5.41, 5.74) is 2.81. The summed E-state index contributed by atoms with van der Waals surface area (Å²) in [5.74, 6) is 2.38. The first-order valence-electron chi connectivity index (χ1n) is 11.8. The standard InChI is InChI=1S/C26H33N5O3S/c1-19(17-33-3)31-24(22-6-5-7-23(16-22)34-4)27-28-26(31)35-18-20-8-10-21(11-9-20)25(32)30-14-12-29(2)13-15-30/h5-11,16,19H,12-15,17-18H2,1-4H3/t19-/m0/s1. The smallest absolute Gasteiger partial charge is 0.253 e. The van der Waals surface area contributed by atoms with Gasteiger partial charge in [-0.05, 0) is 43.8 Å². The van der Waals surface area contributed by atoms with Gasteiger partial charge < -0.3 is 19.3 Å². The van der Waals surface area contributed by atoms with Crippen molar-refractivity contribution in [1.82, 2.24) is 24.6 Å². The van der Waals surface area contributed by atoms with E-state index in [4.69, 9.17) is 9.47 Å². The average molecular weight is 496 g/mol. The Morgan fingerprint density at radius 2 is 1.80 bits per heavy atom. The highest BCUT2D eigenvalue weighted by Gasteiger charge is 2.21. The minimum atomic E-state index is 0.0577. The summed E-state index contributed by atoms with van der Waals surface area (Å²) >= 11 is 1.62. The van der Waals surface area contributed by atoms with Gasteiger partial charge in [0.15, 0.2) is 11.0 Å². The quantitative estimate of drug-likeness (QED) is 0.418. The fraction of sp³-hybridized carbons (Fsp3) is 0.423. The van der Waals surface area contributed by atoms with Gasteiger partial charge in [0.1, 0.15) is 5.75 Å². The number of likely N-dealkylation sites (N-methyl/N-ethyl adjacent to an activating group) is 1. The number of thioether (sulfide) groups is 1. The molecule has 0 bridgehead atoms. The molecule has 1 fully saturated rings. The summed E-state index contributed by atoms with van der Waals surface area (Å²) < 4.78 is 12.9. The van der Waals surface area contributed by atoms with Crippen LogP contribution in [0, 0.1) is 0 Å². The fourth-order valence-electron chi connectivity index (χ4n) is 4.13. The monoisotopic (exact) mass is 495 g/mol. The van der Waals surface area contributed by atoms with Crippen molar-refractivity contribution in [3.8, 4) is 17.1 Å². The van der Waals surface area contributed by atoms with Gasteiger partial charge in [-0.1, -0.05) is 36.0 Å². The summed E-state index contributed by atoms with van der Waals surface area (Å²) in [6, 6.07) is 15.8. The normalized spacial score (nSPS) is 15.3. The van der Waals surface area contributed by atoms with Gasteiger partial charge in [0.05, 0.1) is 19.8 Å². The van der Waals surface area contributed by atoms with Crippen LogP contribution < -0.4 is 4.74 Å². The summed E-state index contributed by atoms with van der Waals surface area (Å²) in [6.07, 6.45) is 0. The van der Waals surface area contributed by atoms with Gasteiger partial charge in [-0.3, -0.25) is 9.36 Å². The molecule has 1 aliphatic heterocycles. The molecule has 35 heavy (non-hydrogen) atoms. The van der Waals surface area contributed by atoms with Crippen LogP contribution in [0.1, 0.15) is 28.9 Å². The van der Waals surface area contributed by atoms with Crippen LogP contribution in [0.3, 0.4) is 0 Å². The maximum Gasteiger partial charge on any atom is 0.253 e. The van der Waals surface area contributed by atoms with Crippen LogP contribution in [0.5, 0.6) is 5.75 Å². The first kappa shape index (κ1) is 25.2. The lowest BCUT2D eigenvalue weighted by Crippen LogP contribution is -2.47. The number of benzene rings is 2. The van der Waals surface area contributed by atoms with E-state index in [9.17, 15) is 4.79 Å². The van der Waals surface area contributed by atoms with E-state index in [1.165, 1.54) is 0 Å². The number of hydrogen-bond acceptors (Lipinski definition) is 7. The van der Waals surface area contributed by atoms with Gasteiger partial charge in [0.2, 0.25) is 0 Å². The highest BCUT2D eigenvalue weighted by atomic mass is 32.2. The van der Waals surface area contributed by atoms with Crippen molar-refractivity contribution in [3.05, 3.63) is 59.7 Å². The van der Waals surface area contributed by atoms with Crippen LogP contribution in [0.25, 0.3) is 11.4 Å². The van der Waals surface area contributed by atoms with Crippen LogP contribution in [-0.4, -0.2) is 84.5 Å². The molecule has 0 spiro atoms. The van der Waals surface area contributed by atoms with E-state index in [2.05, 4.69) is 33.6 Å². The summed E-state index contributed by atoms with van der Waals surface area (Å²) in [5, 5.41) is 9.82. The molecule has 3 aromatic rings. The van der Waals surface area contributed by atoms with Crippen LogP contribution in [0.2, 0.25) is 0 Å². The molecule has 0 radical (unpaired) electrons. The molecule has 1 aromatic heterocycles. The van der Waals surface area contributed by atoms with Crippen molar-refractivity contribution < 1.29 is 14.3 Å². The molecule has 8 nitrogen and oxygen atoms in total. The molecule has 9 heteroatoms. The van der Waals surface area contributed by atoms with Crippen molar-refractivity contribution in [1.29, 1.82) is 0 Å². The lowest BCUT2D eigenvalue weighted by atomic mass is 10.1. The zero-order valence-electron chi connectivity index (χ0n) is 20.8. The van der Waals surface area contributed by atoms with Crippen molar-refractivity contribution in [3.63, 3.8) is 0 Å². The second-order valence-corrected chi connectivity index (χ2v) is 9.74. The number of amides is 1. The first-order valence-corrected chi connectivity index (χ1v) is 12.8. The zero-order chi connectivity index (χ0) is 24.8. The Balaban J connectivity index is 1.48. The molecule has 186 valence electrons. The van der Waals surface area contributed by atoms with E-state index in [0.717, 1.165) is 65.4 Å². The number of carbonyl (C=O) groups is 1. The summed E-state index contributed by atoms with van der Waals surface area (Å²) in [4.78, 5) is 17.0. The number of piperazine rings is 1. The number of methoxy groups -OCH3 is 2. The maximum absolute atomic E-state index is 12.8. The first-order chi connectivity index (χ1) is 17.0. The van der Waals surface area contributed by atoms with Crippen molar-refractivity contribution in [2.24, 2.45) is 0 Å². The third-order valence-electron chi connectivity index (χ3n) is 6.20. The van der Waals surface area contributed by atoms with Gasteiger partial charge in [-0.2, -0.15) is 0 Å². The lowest BCUT2D eigenvalue weighted by molar-refractivity contribution is 0.0664. The Morgan fingerprint density at radius 3 is 2.49 bits per heavy atom. The summed E-state index contributed by atoms with van der Waals surface area (Å²) in [6.45, 7) is 6.03. The minimum absolute atomic E-state index is 0.0577. The zero-order valence-corrected chi connectivity index (χ0v) is 21.6. The van der Waals surface area contributed by atoms with Crippen LogP contribution in [0.4, 0.5) is 0 Å². The fourth-order valence-corrected chi connectivity index (χ4v) is 5.12. The third-order valence-corrected chi connectivity index (χ3v) is 7.21. The molecule has 1 aliphatic rings. The maximum atomic E-state index is 12.8. The molecular weight excluding hydrogens is 462 g/mol. The topological polar surface area (TPSA) is 72.7 Å². The Bertz CT molecular complexity index is 1130. The van der Waals surface area contributed by atoms with Crippen molar-refractivity contribution >= 4 is 17.7 Å². The molecule has 2 aromatic carbocycles. The molecule has 1 amide bonds. The van der Waals surface area contributed by atoms with Crippen LogP contribution >= 0.6 is 11.8 Å². The van der Waals surface area contributed by atoms with Crippen LogP contribution in [0.15, 0.2) is 53.7 Å². The van der Waals surface area contributed by atoms with Crippen molar-refractivity contribution in [2.75, 3.05) is 54.1 Å². The second kappa shape index (κ2) is 11.7. The number of ether oxygens (including phenoxy) is 2. The molecule has 0 N–H and O–H groups in total. The second-order valence-electron chi connectivity index (χ2n) is 8.79. The highest BCUT2D eigenvalue weighted by molar-refractivity contribution is 7.98. The Labute approximate surface area is 211 Å². The van der Waals surface area contributed by atoms with E-state index in [-0.39, 0.29) is 11.9 Å². The van der Waals surface area contributed by atoms with Gasteiger partial charge in [-0.25, -0.2) is 0 Å². The number of rotatable bonds is 9. The van der Waals surface area contributed by atoms with E-state index in [1.807, 2.05) is 53.4 Å². The average Bonchev–Trinajstić information content (AvgIpc) is 3.32. The number of carbonyl (C=O) groups excluding carboxylic acids is 1. The molecule has 0 unspecified atom stereocenters. The molecule has 0 saturated carbocycles. The Morgan fingerprint density at radius 1 is 1.06 bits per heavy atom. The number of hydrogen-bond donors (Lipinski definition) is 0. The van der Waals surface area contributed by atoms with E-state index >= 15 is 0 Å². The van der Waals surface area contributed by atoms with Gasteiger partial charge >= 0.3 is 0 Å². The highest BCUT2D eigenvalue weighted by Crippen LogP contribution is 2.31. The predicted molar refractivity (Wildman–Crippen MR) is 138 cm³/mol. The SMILES string of the molecule is COC[C@H](C)n1c(SCc2ccc(C(=O)N3CCN(C)CC3)cc2)nnc1-c1cccc(OC)c1. The largest absolute Gasteiger partial charge is 0.497 e. The predicted octanol–water partition coefficient (Wildman–Crippen LogP) is 3.84.